The number of ether oxygens (including phenoxy) is 3. The van der Waals surface area contributed by atoms with Gasteiger partial charge in [-0.15, -0.1) is 0 Å². The van der Waals surface area contributed by atoms with Crippen LogP contribution in [0.3, 0.4) is 0 Å². The van der Waals surface area contributed by atoms with Crippen LogP contribution in [0.4, 0.5) is 0 Å². The lowest BCUT2D eigenvalue weighted by Gasteiger charge is -2.40. The molecule has 1 fully saturated rings. The molecule has 1 aromatic rings. The number of hydrogen-bond acceptors (Lipinski definition) is 9. The van der Waals surface area contributed by atoms with E-state index in [9.17, 15) is 30.3 Å². The van der Waals surface area contributed by atoms with E-state index in [1.165, 1.54) is 13.2 Å². The Morgan fingerprint density at radius 3 is 2.56 bits per heavy atom. The molecule has 9 heteroatoms. The number of aryl methyl sites for hydroxylation is 1. The summed E-state index contributed by atoms with van der Waals surface area (Å²) in [5.41, 5.74) is 0.852. The van der Waals surface area contributed by atoms with E-state index in [1.807, 2.05) is 0 Å². The Bertz CT molecular complexity index is 709. The average molecular weight is 457 g/mol. The molecule has 0 saturated carbocycles. The molecule has 0 aromatic heterocycles. The monoisotopic (exact) mass is 456 g/mol. The van der Waals surface area contributed by atoms with Crippen molar-refractivity contribution in [2.45, 2.75) is 88.7 Å². The van der Waals surface area contributed by atoms with Crippen LogP contribution in [0, 0.1) is 0 Å². The predicted molar refractivity (Wildman–Crippen MR) is 115 cm³/mol. The maximum atomic E-state index is 12.6. The van der Waals surface area contributed by atoms with Crippen LogP contribution in [0.25, 0.3) is 0 Å². The molecule has 9 nitrogen and oxygen atoms in total. The van der Waals surface area contributed by atoms with Gasteiger partial charge >= 0.3 is 0 Å². The van der Waals surface area contributed by atoms with Gasteiger partial charge in [-0.3, -0.25) is 4.79 Å². The first kappa shape index (κ1) is 26.5. The van der Waals surface area contributed by atoms with Gasteiger partial charge in [0.2, 0.25) is 0 Å². The topological polar surface area (TPSA) is 146 Å². The van der Waals surface area contributed by atoms with Crippen molar-refractivity contribution in [1.82, 2.24) is 0 Å². The Hall–Kier alpha value is -1.75. The van der Waals surface area contributed by atoms with Crippen molar-refractivity contribution < 1.29 is 44.5 Å². The lowest BCUT2D eigenvalue weighted by molar-refractivity contribution is -0.311. The van der Waals surface area contributed by atoms with Crippen LogP contribution in [0.5, 0.6) is 11.5 Å². The van der Waals surface area contributed by atoms with E-state index in [1.54, 1.807) is 12.1 Å². The Morgan fingerprint density at radius 2 is 1.91 bits per heavy atom. The summed E-state index contributed by atoms with van der Waals surface area (Å²) in [7, 11) is 1.46. The number of aliphatic hydroxyl groups excluding tert-OH is 4. The first-order chi connectivity index (χ1) is 15.3. The summed E-state index contributed by atoms with van der Waals surface area (Å²) in [6.07, 6.45) is -3.17. The Morgan fingerprint density at radius 1 is 1.16 bits per heavy atom. The quantitative estimate of drug-likeness (QED) is 0.275. The highest BCUT2D eigenvalue weighted by atomic mass is 16.7. The summed E-state index contributed by atoms with van der Waals surface area (Å²) in [4.78, 5) is 12.6. The third kappa shape index (κ3) is 7.40. The largest absolute Gasteiger partial charge is 0.504 e. The van der Waals surface area contributed by atoms with Gasteiger partial charge in [0.1, 0.15) is 30.2 Å². The minimum absolute atomic E-state index is 0.0338. The molecule has 1 saturated heterocycles. The average Bonchev–Trinajstić information content (AvgIpc) is 2.78. The molecule has 1 aliphatic heterocycles. The zero-order chi connectivity index (χ0) is 23.7. The van der Waals surface area contributed by atoms with E-state index in [2.05, 4.69) is 6.92 Å². The summed E-state index contributed by atoms with van der Waals surface area (Å²) in [5, 5.41) is 49.2. The molecule has 1 heterocycles. The normalized spacial score (nSPS) is 26.6. The Kier molecular flexibility index (Phi) is 10.8. The summed E-state index contributed by atoms with van der Waals surface area (Å²) in [6.45, 7) is 1.52. The number of ketones is 1. The van der Waals surface area contributed by atoms with Gasteiger partial charge in [0.15, 0.2) is 17.8 Å². The van der Waals surface area contributed by atoms with Crippen LogP contribution in [-0.4, -0.2) is 81.8 Å². The number of Topliss-reactive ketones (excluding diaryl/α,β-unsaturated/α-hetero) is 1. The van der Waals surface area contributed by atoms with E-state index >= 15 is 0 Å². The number of carbonyl (C=O) groups is 1. The van der Waals surface area contributed by atoms with Crippen LogP contribution in [0.2, 0.25) is 0 Å². The summed E-state index contributed by atoms with van der Waals surface area (Å²) >= 11 is 0. The highest BCUT2D eigenvalue weighted by molar-refractivity contribution is 5.79. The standard InChI is InChI=1S/C23H36O9/c1-3-4-5-6-16(31-23-22(29)21(28)20(27)19(13-24)32-23)12-15(25)9-7-14-8-10-17(26)18(11-14)30-2/h8,10-11,16,19-24,26-29H,3-7,9,12-13H2,1-2H3/t16?,19?,20-,21?,22?,23?/m0/s1. The van der Waals surface area contributed by atoms with Gasteiger partial charge in [0.05, 0.1) is 19.8 Å². The van der Waals surface area contributed by atoms with Crippen molar-refractivity contribution in [2.75, 3.05) is 13.7 Å². The number of aliphatic hydroxyl groups is 4. The fraction of sp³-hybridized carbons (Fsp3) is 0.696. The molecule has 2 rings (SSSR count). The molecule has 182 valence electrons. The van der Waals surface area contributed by atoms with Crippen LogP contribution < -0.4 is 4.74 Å². The fourth-order valence-electron chi connectivity index (χ4n) is 3.73. The van der Waals surface area contributed by atoms with Gasteiger partial charge in [-0.05, 0) is 30.5 Å². The Balaban J connectivity index is 1.97. The number of phenolic OH excluding ortho intramolecular Hbond substituents is 1. The number of phenols is 1. The predicted octanol–water partition coefficient (Wildman–Crippen LogP) is 1.06. The van der Waals surface area contributed by atoms with E-state index in [0.717, 1.165) is 24.8 Å². The number of hydrogen-bond donors (Lipinski definition) is 5. The van der Waals surface area contributed by atoms with Gasteiger partial charge in [0, 0.05) is 12.8 Å². The van der Waals surface area contributed by atoms with E-state index < -0.39 is 43.4 Å². The van der Waals surface area contributed by atoms with Crippen molar-refractivity contribution in [3.05, 3.63) is 23.8 Å². The highest BCUT2D eigenvalue weighted by Crippen LogP contribution is 2.28. The van der Waals surface area contributed by atoms with Crippen molar-refractivity contribution in [3.8, 4) is 11.5 Å². The fourth-order valence-corrected chi connectivity index (χ4v) is 3.73. The number of unbranched alkanes of at least 4 members (excludes halogenated alkanes) is 2. The van der Waals surface area contributed by atoms with E-state index in [4.69, 9.17) is 14.2 Å². The number of rotatable bonds is 13. The number of benzene rings is 1. The van der Waals surface area contributed by atoms with Crippen LogP contribution in [0.1, 0.15) is 51.0 Å². The van der Waals surface area contributed by atoms with E-state index in [0.29, 0.717) is 18.6 Å². The number of aromatic hydroxyl groups is 1. The molecule has 6 atom stereocenters. The molecular formula is C23H36O9. The first-order valence-electron chi connectivity index (χ1n) is 11.1. The van der Waals surface area contributed by atoms with Gasteiger partial charge in [-0.2, -0.15) is 0 Å². The third-order valence-electron chi connectivity index (χ3n) is 5.70. The van der Waals surface area contributed by atoms with Gasteiger partial charge in [-0.25, -0.2) is 0 Å². The van der Waals surface area contributed by atoms with Crippen LogP contribution in [-0.2, 0) is 20.7 Å². The third-order valence-corrected chi connectivity index (χ3v) is 5.70. The highest BCUT2D eigenvalue weighted by Gasteiger charge is 2.44. The lowest BCUT2D eigenvalue weighted by atomic mass is 9.98. The van der Waals surface area contributed by atoms with Gasteiger partial charge in [-0.1, -0.05) is 32.3 Å². The summed E-state index contributed by atoms with van der Waals surface area (Å²) in [6, 6.07) is 4.94. The molecule has 5 unspecified atom stereocenters. The molecule has 0 radical (unpaired) electrons. The molecule has 0 spiro atoms. The molecular weight excluding hydrogens is 420 g/mol. The smallest absolute Gasteiger partial charge is 0.186 e. The maximum absolute atomic E-state index is 12.6. The molecule has 32 heavy (non-hydrogen) atoms. The minimum atomic E-state index is -1.53. The lowest BCUT2D eigenvalue weighted by Crippen LogP contribution is -2.59. The van der Waals surface area contributed by atoms with Crippen molar-refractivity contribution in [1.29, 1.82) is 0 Å². The van der Waals surface area contributed by atoms with Crippen LogP contribution >= 0.6 is 0 Å². The van der Waals surface area contributed by atoms with Crippen molar-refractivity contribution >= 4 is 5.78 Å². The number of methoxy groups -OCH3 is 1. The van der Waals surface area contributed by atoms with Crippen molar-refractivity contribution in [3.63, 3.8) is 0 Å². The summed E-state index contributed by atoms with van der Waals surface area (Å²) < 4.78 is 16.4. The molecule has 0 amide bonds. The zero-order valence-electron chi connectivity index (χ0n) is 18.7. The van der Waals surface area contributed by atoms with Gasteiger partial charge < -0.3 is 39.7 Å². The Labute approximate surface area is 188 Å². The second kappa shape index (κ2) is 13.1. The van der Waals surface area contributed by atoms with Crippen molar-refractivity contribution in [2.24, 2.45) is 0 Å². The molecule has 5 N–H and O–H groups in total. The second-order valence-electron chi connectivity index (χ2n) is 8.20. The maximum Gasteiger partial charge on any atom is 0.186 e. The molecule has 0 aliphatic carbocycles. The second-order valence-corrected chi connectivity index (χ2v) is 8.20. The molecule has 1 aromatic carbocycles. The minimum Gasteiger partial charge on any atom is -0.504 e. The number of carbonyl (C=O) groups excluding carboxylic acids is 1. The molecule has 1 aliphatic rings. The molecule has 0 bridgehead atoms. The first-order valence-corrected chi connectivity index (χ1v) is 11.1. The van der Waals surface area contributed by atoms with Crippen LogP contribution in [0.15, 0.2) is 18.2 Å². The van der Waals surface area contributed by atoms with Gasteiger partial charge in [0.25, 0.3) is 0 Å². The summed E-state index contributed by atoms with van der Waals surface area (Å²) in [5.74, 6) is 0.341. The van der Waals surface area contributed by atoms with E-state index in [-0.39, 0.29) is 24.4 Å². The SMILES string of the molecule is CCCCCC(CC(=O)CCc1ccc(O)c(OC)c1)OC1OC(CO)[C@H](O)C(O)C1O. The zero-order valence-corrected chi connectivity index (χ0v) is 18.7.